The van der Waals surface area contributed by atoms with Crippen LogP contribution in [0.4, 0.5) is 10.5 Å². The predicted octanol–water partition coefficient (Wildman–Crippen LogP) is 5.47. The van der Waals surface area contributed by atoms with Crippen LogP contribution < -0.4 is 4.90 Å². The molecule has 210 valence electrons. The van der Waals surface area contributed by atoms with Crippen LogP contribution in [0.2, 0.25) is 0 Å². The summed E-state index contributed by atoms with van der Waals surface area (Å²) in [5.41, 5.74) is -3.80. The molecule has 0 saturated carbocycles. The Morgan fingerprint density at radius 2 is 1.51 bits per heavy atom. The lowest BCUT2D eigenvalue weighted by atomic mass is 9.62. The van der Waals surface area contributed by atoms with Crippen molar-refractivity contribution >= 4 is 23.7 Å². The number of ether oxygens (including phenoxy) is 2. The number of hydrogen-bond donors (Lipinski definition) is 1. The van der Waals surface area contributed by atoms with Gasteiger partial charge in [-0.2, -0.15) is 10.3 Å². The molecule has 0 unspecified atom stereocenters. The van der Waals surface area contributed by atoms with Gasteiger partial charge in [-0.05, 0) is 44.9 Å². The number of nitriles is 1. The van der Waals surface area contributed by atoms with Crippen LogP contribution in [0.3, 0.4) is 0 Å². The van der Waals surface area contributed by atoms with E-state index >= 15 is 0 Å². The third kappa shape index (κ3) is 4.02. The molecule has 2 amide bonds. The Labute approximate surface area is 238 Å². The van der Waals surface area contributed by atoms with Crippen LogP contribution >= 0.6 is 0 Å². The van der Waals surface area contributed by atoms with Crippen molar-refractivity contribution in [3.8, 4) is 6.07 Å². The highest BCUT2D eigenvalue weighted by Gasteiger charge is 2.78. The number of carbonyl (C=O) groups is 3. The second kappa shape index (κ2) is 10.1. The number of hydrogen-bond acceptors (Lipinski definition) is 8. The summed E-state index contributed by atoms with van der Waals surface area (Å²) in [7, 11) is 0. The molecule has 0 aromatic heterocycles. The van der Waals surface area contributed by atoms with Crippen molar-refractivity contribution in [3.05, 3.63) is 102 Å². The quantitative estimate of drug-likeness (QED) is 0.423. The molecule has 5 rings (SSSR count). The number of benzene rings is 3. The monoisotopic (exact) mass is 553 g/mol. The van der Waals surface area contributed by atoms with E-state index in [1.165, 1.54) is 0 Å². The maximum absolute atomic E-state index is 14.8. The number of imide groups is 1. The Morgan fingerprint density at radius 3 is 2.07 bits per heavy atom. The van der Waals surface area contributed by atoms with E-state index in [-0.39, 0.29) is 17.9 Å². The van der Waals surface area contributed by atoms with Crippen LogP contribution in [-0.4, -0.2) is 40.4 Å². The molecule has 1 saturated heterocycles. The number of hydroxylamine groups is 2. The summed E-state index contributed by atoms with van der Waals surface area (Å²) in [6.45, 7) is 6.64. The third-order valence-electron chi connectivity index (χ3n) is 7.62. The predicted molar refractivity (Wildman–Crippen MR) is 149 cm³/mol. The molecule has 3 aromatic rings. The molecular formula is C32H31N3O6. The first-order valence-electron chi connectivity index (χ1n) is 13.4. The highest BCUT2D eigenvalue weighted by Crippen LogP contribution is 2.68. The number of anilines is 1. The van der Waals surface area contributed by atoms with Gasteiger partial charge in [-0.15, -0.1) is 0 Å². The molecule has 1 spiro atoms. The Bertz CT molecular complexity index is 1530. The smallest absolute Gasteiger partial charge is 0.421 e. The van der Waals surface area contributed by atoms with Crippen molar-refractivity contribution in [1.82, 2.24) is 5.06 Å². The summed E-state index contributed by atoms with van der Waals surface area (Å²) in [5, 5.41) is 24.1. The van der Waals surface area contributed by atoms with Gasteiger partial charge in [0.2, 0.25) is 0 Å². The highest BCUT2D eigenvalue weighted by molar-refractivity contribution is 6.22. The fraction of sp³-hybridized carbons (Fsp3) is 0.312. The Hall–Kier alpha value is -4.52. The van der Waals surface area contributed by atoms with Crippen LogP contribution in [0, 0.1) is 16.7 Å². The maximum atomic E-state index is 14.8. The molecular weight excluding hydrogens is 522 g/mol. The fourth-order valence-corrected chi connectivity index (χ4v) is 6.23. The molecule has 2 heterocycles. The van der Waals surface area contributed by atoms with E-state index in [2.05, 4.69) is 6.07 Å². The van der Waals surface area contributed by atoms with Gasteiger partial charge < -0.3 is 14.7 Å². The van der Waals surface area contributed by atoms with Crippen LogP contribution in [-0.2, 0) is 24.6 Å². The second-order valence-electron chi connectivity index (χ2n) is 11.1. The summed E-state index contributed by atoms with van der Waals surface area (Å²) in [6.07, 6.45) is -0.936. The molecule has 2 aliphatic heterocycles. The summed E-state index contributed by atoms with van der Waals surface area (Å²) in [5.74, 6) is -3.02. The zero-order valence-corrected chi connectivity index (χ0v) is 23.3. The molecule has 0 bridgehead atoms. The molecule has 4 atom stereocenters. The van der Waals surface area contributed by atoms with Crippen molar-refractivity contribution < 1.29 is 29.1 Å². The first-order chi connectivity index (χ1) is 19.6. The normalized spacial score (nSPS) is 25.6. The Morgan fingerprint density at radius 1 is 0.951 bits per heavy atom. The number of carbonyl (C=O) groups excluding carboxylic acids is 3. The van der Waals surface area contributed by atoms with Gasteiger partial charge in [0.1, 0.15) is 5.60 Å². The number of esters is 1. The fourth-order valence-electron chi connectivity index (χ4n) is 6.23. The van der Waals surface area contributed by atoms with Crippen molar-refractivity contribution in [2.75, 3.05) is 11.5 Å². The van der Waals surface area contributed by atoms with Gasteiger partial charge in [-0.3, -0.25) is 9.59 Å². The Balaban J connectivity index is 1.89. The third-order valence-corrected chi connectivity index (χ3v) is 7.62. The first-order valence-corrected chi connectivity index (χ1v) is 13.4. The van der Waals surface area contributed by atoms with Crippen molar-refractivity contribution in [2.24, 2.45) is 5.41 Å². The van der Waals surface area contributed by atoms with Gasteiger partial charge in [0.25, 0.3) is 5.91 Å². The van der Waals surface area contributed by atoms with Crippen LogP contribution in [0.5, 0.6) is 0 Å². The van der Waals surface area contributed by atoms with Gasteiger partial charge >= 0.3 is 12.1 Å². The first kappa shape index (κ1) is 28.0. The van der Waals surface area contributed by atoms with Gasteiger partial charge in [-0.1, -0.05) is 78.9 Å². The van der Waals surface area contributed by atoms with E-state index in [1.54, 1.807) is 113 Å². The van der Waals surface area contributed by atoms with Gasteiger partial charge in [0.05, 0.1) is 24.4 Å². The summed E-state index contributed by atoms with van der Waals surface area (Å²) < 4.78 is 11.1. The van der Waals surface area contributed by atoms with E-state index in [4.69, 9.17) is 9.47 Å². The molecule has 1 N–H and O–H groups in total. The lowest BCUT2D eigenvalue weighted by molar-refractivity contribution is -0.192. The number of nitrogens with zero attached hydrogens (tertiary/aromatic N) is 3. The average Bonchev–Trinajstić information content (AvgIpc) is 3.35. The van der Waals surface area contributed by atoms with E-state index < -0.39 is 46.5 Å². The molecule has 41 heavy (non-hydrogen) atoms. The molecule has 0 aliphatic carbocycles. The topological polar surface area (TPSA) is 120 Å². The lowest BCUT2D eigenvalue weighted by Gasteiger charge is -2.36. The van der Waals surface area contributed by atoms with E-state index in [9.17, 15) is 24.9 Å². The Kier molecular flexibility index (Phi) is 6.93. The SMILES string of the molecule is CCOC(=O)[C@]1(C#N)[C@@H](c2ccccc2)[C@@]2(C(=O)N(C(=O)OC(C)(C)C)c3ccccc32)N(O)[C@@H]1c1ccccc1. The molecule has 9 heteroatoms. The van der Waals surface area contributed by atoms with Gasteiger partial charge in [0.15, 0.2) is 11.0 Å². The highest BCUT2D eigenvalue weighted by atomic mass is 16.6. The maximum Gasteiger partial charge on any atom is 0.421 e. The minimum absolute atomic E-state index is 0.0295. The number of rotatable bonds is 4. The number of amides is 2. The number of para-hydroxylation sites is 1. The molecule has 2 aliphatic rings. The largest absolute Gasteiger partial charge is 0.465 e. The molecule has 0 radical (unpaired) electrons. The zero-order chi connectivity index (χ0) is 29.6. The van der Waals surface area contributed by atoms with E-state index in [0.717, 1.165) is 9.96 Å². The minimum Gasteiger partial charge on any atom is -0.465 e. The van der Waals surface area contributed by atoms with Crippen LogP contribution in [0.15, 0.2) is 84.9 Å². The summed E-state index contributed by atoms with van der Waals surface area (Å²) in [6, 6.07) is 24.6. The lowest BCUT2D eigenvalue weighted by Crippen LogP contribution is -2.53. The summed E-state index contributed by atoms with van der Waals surface area (Å²) in [4.78, 5) is 43.4. The van der Waals surface area contributed by atoms with E-state index in [1.807, 2.05) is 0 Å². The standard InChI is InChI=1S/C32H31N3O6/c1-5-40-28(37)31(20-33)25(21-14-8-6-9-15-21)32(35(39)26(31)22-16-10-7-11-17-22)23-18-12-13-19-24(23)34(27(32)36)29(38)41-30(2,3)4/h6-19,25-26,39H,5H2,1-4H3/t25-,26-,31-,32+/m1/s1. The van der Waals surface area contributed by atoms with E-state index in [0.29, 0.717) is 11.1 Å². The zero-order valence-electron chi connectivity index (χ0n) is 23.3. The van der Waals surface area contributed by atoms with Crippen molar-refractivity contribution in [2.45, 2.75) is 50.8 Å². The molecule has 3 aromatic carbocycles. The van der Waals surface area contributed by atoms with Crippen LogP contribution in [0.25, 0.3) is 0 Å². The van der Waals surface area contributed by atoms with Crippen LogP contribution in [0.1, 0.15) is 56.3 Å². The average molecular weight is 554 g/mol. The van der Waals surface area contributed by atoms with Gasteiger partial charge in [0, 0.05) is 11.5 Å². The minimum atomic E-state index is -2.11. The van der Waals surface area contributed by atoms with Gasteiger partial charge in [-0.25, -0.2) is 9.69 Å². The second-order valence-corrected chi connectivity index (χ2v) is 11.1. The molecule has 9 nitrogen and oxygen atoms in total. The number of fused-ring (bicyclic) bond motifs is 2. The summed E-state index contributed by atoms with van der Waals surface area (Å²) >= 11 is 0. The molecule has 1 fully saturated rings. The van der Waals surface area contributed by atoms with Crippen molar-refractivity contribution in [3.63, 3.8) is 0 Å². The van der Waals surface area contributed by atoms with Crippen molar-refractivity contribution in [1.29, 1.82) is 5.26 Å².